The summed E-state index contributed by atoms with van der Waals surface area (Å²) >= 11 is 0. The third kappa shape index (κ3) is 6.32. The summed E-state index contributed by atoms with van der Waals surface area (Å²) in [6.07, 6.45) is 1.33. The van der Waals surface area contributed by atoms with Gasteiger partial charge in [0.15, 0.2) is 0 Å². The molecular weight excluding hydrogens is 426 g/mol. The van der Waals surface area contributed by atoms with Gasteiger partial charge in [0.05, 0.1) is 11.2 Å². The van der Waals surface area contributed by atoms with Crippen LogP contribution >= 0.6 is 0 Å². The van der Waals surface area contributed by atoms with Crippen LogP contribution in [-0.2, 0) is 11.2 Å². The second kappa shape index (κ2) is 11.1. The summed E-state index contributed by atoms with van der Waals surface area (Å²) in [6.45, 7) is 8.43. The van der Waals surface area contributed by atoms with E-state index in [4.69, 9.17) is 0 Å². The van der Waals surface area contributed by atoms with E-state index >= 15 is 0 Å². The summed E-state index contributed by atoms with van der Waals surface area (Å²) in [7, 11) is 0. The molecule has 178 valence electrons. The average molecular weight is 460 g/mol. The van der Waals surface area contributed by atoms with E-state index in [1.165, 1.54) is 11.1 Å². The zero-order valence-corrected chi connectivity index (χ0v) is 20.0. The number of fused-ring (bicyclic) bond motifs is 1. The molecule has 2 aromatic carbocycles. The Bertz CT molecular complexity index is 1140. The van der Waals surface area contributed by atoms with Crippen LogP contribution in [0.15, 0.2) is 54.6 Å². The van der Waals surface area contributed by atoms with E-state index in [0.717, 1.165) is 61.4 Å². The zero-order chi connectivity index (χ0) is 23.9. The molecule has 1 fully saturated rings. The summed E-state index contributed by atoms with van der Waals surface area (Å²) in [5.41, 5.74) is 4.93. The summed E-state index contributed by atoms with van der Waals surface area (Å²) in [5.74, 6) is 0.220. The number of hydrogen-bond acceptors (Lipinski definition) is 4. The van der Waals surface area contributed by atoms with Gasteiger partial charge in [-0.3, -0.25) is 14.7 Å². The monoisotopic (exact) mass is 459 g/mol. The molecule has 7 nitrogen and oxygen atoms in total. The SMILES string of the molecule is Cc1ccc(CCC(=O)N2CCN(CCNC(=O)Nc3cc(C)nc4ccccc34)CC2)cc1. The number of pyridine rings is 1. The van der Waals surface area contributed by atoms with Gasteiger partial charge in [-0.25, -0.2) is 4.79 Å². The number of hydrogen-bond donors (Lipinski definition) is 2. The smallest absolute Gasteiger partial charge is 0.319 e. The lowest BCUT2D eigenvalue weighted by Crippen LogP contribution is -2.50. The highest BCUT2D eigenvalue weighted by Crippen LogP contribution is 2.22. The number of aromatic nitrogens is 1. The van der Waals surface area contributed by atoms with Crippen molar-refractivity contribution in [3.05, 3.63) is 71.4 Å². The Kier molecular flexibility index (Phi) is 7.75. The van der Waals surface area contributed by atoms with Crippen molar-refractivity contribution in [2.45, 2.75) is 26.7 Å². The third-order valence-electron chi connectivity index (χ3n) is 6.28. The number of carbonyl (C=O) groups excluding carboxylic acids is 2. The number of benzene rings is 2. The Morgan fingerprint density at radius 3 is 2.47 bits per heavy atom. The van der Waals surface area contributed by atoms with Crippen LogP contribution in [0.3, 0.4) is 0 Å². The number of piperazine rings is 1. The van der Waals surface area contributed by atoms with Crippen LogP contribution in [0.1, 0.15) is 23.2 Å². The van der Waals surface area contributed by atoms with Gasteiger partial charge in [0.25, 0.3) is 0 Å². The highest BCUT2D eigenvalue weighted by molar-refractivity contribution is 6.00. The molecule has 3 aromatic rings. The highest BCUT2D eigenvalue weighted by atomic mass is 16.2. The minimum absolute atomic E-state index is 0.220. The molecule has 1 aliphatic rings. The predicted molar refractivity (Wildman–Crippen MR) is 136 cm³/mol. The maximum absolute atomic E-state index is 12.6. The minimum atomic E-state index is -0.222. The molecule has 3 amide bonds. The summed E-state index contributed by atoms with van der Waals surface area (Å²) in [4.78, 5) is 33.8. The van der Waals surface area contributed by atoms with E-state index < -0.39 is 0 Å². The minimum Gasteiger partial charge on any atom is -0.340 e. The molecule has 0 spiro atoms. The third-order valence-corrected chi connectivity index (χ3v) is 6.28. The second-order valence-electron chi connectivity index (χ2n) is 8.92. The Hall–Kier alpha value is -3.45. The van der Waals surface area contributed by atoms with E-state index in [1.807, 2.05) is 42.2 Å². The lowest BCUT2D eigenvalue weighted by molar-refractivity contribution is -0.132. The number of amides is 3. The van der Waals surface area contributed by atoms with Crippen LogP contribution in [0.2, 0.25) is 0 Å². The molecule has 0 bridgehead atoms. The van der Waals surface area contributed by atoms with Crippen molar-refractivity contribution in [3.63, 3.8) is 0 Å². The second-order valence-corrected chi connectivity index (χ2v) is 8.92. The van der Waals surface area contributed by atoms with Gasteiger partial charge >= 0.3 is 6.03 Å². The largest absolute Gasteiger partial charge is 0.340 e. The normalized spacial score (nSPS) is 14.2. The van der Waals surface area contributed by atoms with Gasteiger partial charge in [-0.2, -0.15) is 0 Å². The molecule has 4 rings (SSSR count). The van der Waals surface area contributed by atoms with E-state index in [-0.39, 0.29) is 11.9 Å². The van der Waals surface area contributed by atoms with Crippen LogP contribution in [0.5, 0.6) is 0 Å². The summed E-state index contributed by atoms with van der Waals surface area (Å²) < 4.78 is 0. The molecule has 34 heavy (non-hydrogen) atoms. The quantitative estimate of drug-likeness (QED) is 0.564. The molecule has 0 aliphatic carbocycles. The number of nitrogens with one attached hydrogen (secondary N) is 2. The first-order valence-corrected chi connectivity index (χ1v) is 11.9. The summed E-state index contributed by atoms with van der Waals surface area (Å²) in [6, 6.07) is 17.8. The van der Waals surface area contributed by atoms with Gasteiger partial charge in [0.1, 0.15) is 0 Å². The van der Waals surface area contributed by atoms with Crippen molar-refractivity contribution in [2.24, 2.45) is 0 Å². The van der Waals surface area contributed by atoms with E-state index in [1.54, 1.807) is 0 Å². The van der Waals surface area contributed by atoms with Gasteiger partial charge in [0, 0.05) is 56.8 Å². The van der Waals surface area contributed by atoms with Crippen LogP contribution < -0.4 is 10.6 Å². The lowest BCUT2D eigenvalue weighted by Gasteiger charge is -2.34. The number of nitrogens with zero attached hydrogens (tertiary/aromatic N) is 3. The molecular formula is C27H33N5O2. The van der Waals surface area contributed by atoms with Crippen molar-refractivity contribution in [1.82, 2.24) is 20.1 Å². The lowest BCUT2D eigenvalue weighted by atomic mass is 10.1. The molecule has 0 radical (unpaired) electrons. The number of urea groups is 1. The van der Waals surface area contributed by atoms with Crippen molar-refractivity contribution >= 4 is 28.5 Å². The number of aryl methyl sites for hydroxylation is 3. The van der Waals surface area contributed by atoms with Crippen LogP contribution in [0.4, 0.5) is 10.5 Å². The topological polar surface area (TPSA) is 77.6 Å². The Morgan fingerprint density at radius 2 is 1.71 bits per heavy atom. The Labute approximate surface area is 201 Å². The first kappa shape index (κ1) is 23.7. The van der Waals surface area contributed by atoms with Crippen LogP contribution in [0.25, 0.3) is 10.9 Å². The molecule has 0 atom stereocenters. The van der Waals surface area contributed by atoms with Crippen LogP contribution in [0, 0.1) is 13.8 Å². The maximum Gasteiger partial charge on any atom is 0.319 e. The highest BCUT2D eigenvalue weighted by Gasteiger charge is 2.20. The van der Waals surface area contributed by atoms with E-state index in [0.29, 0.717) is 13.0 Å². The molecule has 2 N–H and O–H groups in total. The molecule has 1 aromatic heterocycles. The molecule has 1 aliphatic heterocycles. The van der Waals surface area contributed by atoms with E-state index in [2.05, 4.69) is 51.7 Å². The van der Waals surface area contributed by atoms with Crippen molar-refractivity contribution in [1.29, 1.82) is 0 Å². The van der Waals surface area contributed by atoms with Crippen LogP contribution in [-0.4, -0.2) is 66.0 Å². The average Bonchev–Trinajstić information content (AvgIpc) is 2.84. The molecule has 7 heteroatoms. The Morgan fingerprint density at radius 1 is 0.971 bits per heavy atom. The zero-order valence-electron chi connectivity index (χ0n) is 20.0. The van der Waals surface area contributed by atoms with Crippen molar-refractivity contribution < 1.29 is 9.59 Å². The summed E-state index contributed by atoms with van der Waals surface area (Å²) in [5, 5.41) is 6.82. The number of rotatable bonds is 7. The van der Waals surface area contributed by atoms with Crippen molar-refractivity contribution in [3.8, 4) is 0 Å². The van der Waals surface area contributed by atoms with Crippen molar-refractivity contribution in [2.75, 3.05) is 44.6 Å². The maximum atomic E-state index is 12.6. The number of carbonyl (C=O) groups is 2. The van der Waals surface area contributed by atoms with Gasteiger partial charge in [-0.15, -0.1) is 0 Å². The fraction of sp³-hybridized carbons (Fsp3) is 0.370. The van der Waals surface area contributed by atoms with Gasteiger partial charge in [-0.1, -0.05) is 48.0 Å². The Balaban J connectivity index is 1.16. The number of para-hydroxylation sites is 1. The standard InChI is InChI=1S/C27H33N5O2/c1-20-7-9-22(10-8-20)11-12-26(33)32-17-15-31(16-18-32)14-13-28-27(34)30-25-19-21(2)29-24-6-4-3-5-23(24)25/h3-10,19H,11-18H2,1-2H3,(H2,28,29,30,34). The molecule has 0 unspecified atom stereocenters. The van der Waals surface area contributed by atoms with Gasteiger partial charge < -0.3 is 15.5 Å². The first-order valence-electron chi connectivity index (χ1n) is 11.9. The fourth-order valence-corrected chi connectivity index (χ4v) is 4.29. The molecule has 2 heterocycles. The van der Waals surface area contributed by atoms with E-state index in [9.17, 15) is 9.59 Å². The predicted octanol–water partition coefficient (Wildman–Crippen LogP) is 3.75. The molecule has 1 saturated heterocycles. The fourth-order valence-electron chi connectivity index (χ4n) is 4.29. The van der Waals surface area contributed by atoms with Gasteiger partial charge in [0.2, 0.25) is 5.91 Å². The number of anilines is 1. The first-order chi connectivity index (χ1) is 16.5. The molecule has 0 saturated carbocycles. The van der Waals surface area contributed by atoms with Gasteiger partial charge in [-0.05, 0) is 38.0 Å².